The molecule has 132 valence electrons. The quantitative estimate of drug-likeness (QED) is 0.676. The minimum Gasteiger partial charge on any atom is -0.348 e. The van der Waals surface area contributed by atoms with Crippen molar-refractivity contribution in [1.82, 2.24) is 9.97 Å². The zero-order valence-corrected chi connectivity index (χ0v) is 15.3. The average Bonchev–Trinajstić information content (AvgIpc) is 2.66. The second-order valence-corrected chi connectivity index (χ2v) is 6.35. The fourth-order valence-corrected chi connectivity index (χ4v) is 2.65. The van der Waals surface area contributed by atoms with Gasteiger partial charge in [0.1, 0.15) is 0 Å². The Bertz CT molecular complexity index is 897. The van der Waals surface area contributed by atoms with E-state index in [0.29, 0.717) is 22.2 Å². The Morgan fingerprint density at radius 3 is 2.42 bits per heavy atom. The van der Waals surface area contributed by atoms with Gasteiger partial charge in [-0.3, -0.25) is 4.79 Å². The van der Waals surface area contributed by atoms with E-state index in [9.17, 15) is 4.79 Å². The summed E-state index contributed by atoms with van der Waals surface area (Å²) in [4.78, 5) is 20.9. The third-order valence-electron chi connectivity index (χ3n) is 4.08. The molecule has 5 nitrogen and oxygen atoms in total. The van der Waals surface area contributed by atoms with E-state index in [2.05, 4.69) is 20.6 Å². The molecule has 1 aromatic heterocycles. The number of nitrogens with zero attached hydrogens (tertiary/aromatic N) is 2. The number of hydrogen-bond donors (Lipinski definition) is 2. The molecule has 1 unspecified atom stereocenters. The van der Waals surface area contributed by atoms with Gasteiger partial charge >= 0.3 is 0 Å². The Labute approximate surface area is 157 Å². The highest BCUT2D eigenvalue weighted by Crippen LogP contribution is 2.23. The zero-order chi connectivity index (χ0) is 18.5. The molecule has 3 aromatic rings. The van der Waals surface area contributed by atoms with E-state index in [-0.39, 0.29) is 11.9 Å². The van der Waals surface area contributed by atoms with E-state index in [4.69, 9.17) is 11.6 Å². The summed E-state index contributed by atoms with van der Waals surface area (Å²) in [7, 11) is 0. The molecule has 1 amide bonds. The molecule has 3 rings (SSSR count). The van der Waals surface area contributed by atoms with Crippen molar-refractivity contribution < 1.29 is 4.79 Å². The van der Waals surface area contributed by atoms with Crippen molar-refractivity contribution in [3.8, 4) is 0 Å². The van der Waals surface area contributed by atoms with Gasteiger partial charge in [-0.05, 0) is 37.1 Å². The Morgan fingerprint density at radius 1 is 1.04 bits per heavy atom. The number of halogens is 1. The second-order valence-electron chi connectivity index (χ2n) is 5.94. The topological polar surface area (TPSA) is 66.9 Å². The van der Waals surface area contributed by atoms with Crippen molar-refractivity contribution in [3.63, 3.8) is 0 Å². The van der Waals surface area contributed by atoms with Crippen molar-refractivity contribution in [2.75, 3.05) is 10.6 Å². The normalized spacial score (nSPS) is 11.7. The molecular formula is C20H19ClN4O. The van der Waals surface area contributed by atoms with Crippen LogP contribution in [0.2, 0.25) is 5.02 Å². The number of nitrogens with one attached hydrogen (secondary N) is 2. The van der Waals surface area contributed by atoms with Gasteiger partial charge < -0.3 is 10.6 Å². The molecular weight excluding hydrogens is 348 g/mol. The van der Waals surface area contributed by atoms with Gasteiger partial charge in [-0.2, -0.15) is 0 Å². The van der Waals surface area contributed by atoms with Crippen LogP contribution in [0.4, 0.5) is 11.6 Å². The molecule has 0 aliphatic heterocycles. The van der Waals surface area contributed by atoms with Crippen LogP contribution in [0.15, 0.2) is 60.9 Å². The molecule has 6 heteroatoms. The first kappa shape index (κ1) is 17.9. The summed E-state index contributed by atoms with van der Waals surface area (Å²) in [5.41, 5.74) is 3.00. The summed E-state index contributed by atoms with van der Waals surface area (Å²) in [6.07, 6.45) is 3.00. The van der Waals surface area contributed by atoms with Crippen LogP contribution in [0.1, 0.15) is 34.5 Å². The molecule has 1 atom stereocenters. The fraction of sp³-hybridized carbons (Fsp3) is 0.150. The molecule has 2 aromatic carbocycles. The molecule has 0 aliphatic rings. The summed E-state index contributed by atoms with van der Waals surface area (Å²) in [6.45, 7) is 3.88. The Morgan fingerprint density at radius 2 is 1.73 bits per heavy atom. The number of amides is 1. The lowest BCUT2D eigenvalue weighted by Gasteiger charge is -2.14. The third-order valence-corrected chi connectivity index (χ3v) is 4.48. The maximum Gasteiger partial charge on any atom is 0.258 e. The number of benzene rings is 2. The molecule has 2 N–H and O–H groups in total. The Balaban J connectivity index is 1.67. The van der Waals surface area contributed by atoms with Crippen molar-refractivity contribution in [2.24, 2.45) is 0 Å². The predicted octanol–water partition coefficient (Wildman–Crippen LogP) is 4.86. The van der Waals surface area contributed by atoms with Gasteiger partial charge in [0.05, 0.1) is 11.6 Å². The number of carbonyl (C=O) groups is 1. The van der Waals surface area contributed by atoms with E-state index in [0.717, 1.165) is 11.1 Å². The summed E-state index contributed by atoms with van der Waals surface area (Å²) < 4.78 is 0. The van der Waals surface area contributed by atoms with Crippen LogP contribution in [0.5, 0.6) is 0 Å². The first-order valence-corrected chi connectivity index (χ1v) is 8.62. The Kier molecular flexibility index (Phi) is 5.49. The van der Waals surface area contributed by atoms with Crippen molar-refractivity contribution in [1.29, 1.82) is 0 Å². The van der Waals surface area contributed by atoms with Crippen LogP contribution in [0.25, 0.3) is 0 Å². The lowest BCUT2D eigenvalue weighted by atomic mass is 10.1. The maximum absolute atomic E-state index is 12.4. The summed E-state index contributed by atoms with van der Waals surface area (Å²) >= 11 is 6.08. The van der Waals surface area contributed by atoms with Gasteiger partial charge in [0, 0.05) is 23.1 Å². The summed E-state index contributed by atoms with van der Waals surface area (Å²) in [5.74, 6) is 0.190. The van der Waals surface area contributed by atoms with Crippen LogP contribution in [0.3, 0.4) is 0 Å². The van der Waals surface area contributed by atoms with Gasteiger partial charge in [0.25, 0.3) is 5.91 Å². The lowest BCUT2D eigenvalue weighted by Crippen LogP contribution is -2.15. The third kappa shape index (κ3) is 4.18. The van der Waals surface area contributed by atoms with Gasteiger partial charge in [0.2, 0.25) is 5.95 Å². The van der Waals surface area contributed by atoms with Crippen LogP contribution in [-0.4, -0.2) is 15.9 Å². The SMILES string of the molecule is Cc1c(Cl)cccc1NC(=O)c1cnc(NC(C)c2ccccc2)nc1. The van der Waals surface area contributed by atoms with E-state index in [1.165, 1.54) is 12.4 Å². The number of carbonyl (C=O) groups excluding carboxylic acids is 1. The van der Waals surface area contributed by atoms with Gasteiger partial charge in [-0.25, -0.2) is 9.97 Å². The van der Waals surface area contributed by atoms with E-state index in [1.54, 1.807) is 18.2 Å². The van der Waals surface area contributed by atoms with Crippen LogP contribution < -0.4 is 10.6 Å². The minimum atomic E-state index is -0.280. The minimum absolute atomic E-state index is 0.0602. The molecule has 0 saturated heterocycles. The van der Waals surface area contributed by atoms with E-state index in [1.807, 2.05) is 44.2 Å². The molecule has 0 fully saturated rings. The summed E-state index contributed by atoms with van der Waals surface area (Å²) in [5, 5.41) is 6.65. The van der Waals surface area contributed by atoms with Crippen LogP contribution in [-0.2, 0) is 0 Å². The predicted molar refractivity (Wildman–Crippen MR) is 105 cm³/mol. The lowest BCUT2D eigenvalue weighted by molar-refractivity contribution is 0.102. The highest BCUT2D eigenvalue weighted by atomic mass is 35.5. The fourth-order valence-electron chi connectivity index (χ4n) is 2.48. The average molecular weight is 367 g/mol. The first-order valence-electron chi connectivity index (χ1n) is 8.24. The highest BCUT2D eigenvalue weighted by Gasteiger charge is 2.11. The first-order chi connectivity index (χ1) is 12.5. The van der Waals surface area contributed by atoms with Gasteiger partial charge in [-0.1, -0.05) is 48.0 Å². The standard InChI is InChI=1S/C20H19ClN4O/c1-13-17(21)9-6-10-18(13)25-19(26)16-11-22-20(23-12-16)24-14(2)15-7-4-3-5-8-15/h3-12,14H,1-2H3,(H,25,26)(H,22,23,24). The number of aromatic nitrogens is 2. The highest BCUT2D eigenvalue weighted by molar-refractivity contribution is 6.31. The molecule has 0 spiro atoms. The molecule has 0 bridgehead atoms. The molecule has 1 heterocycles. The van der Waals surface area contributed by atoms with Crippen molar-refractivity contribution >= 4 is 29.1 Å². The number of anilines is 2. The van der Waals surface area contributed by atoms with Crippen molar-refractivity contribution in [2.45, 2.75) is 19.9 Å². The van der Waals surface area contributed by atoms with Gasteiger partial charge in [-0.15, -0.1) is 0 Å². The smallest absolute Gasteiger partial charge is 0.258 e. The number of rotatable bonds is 5. The molecule has 26 heavy (non-hydrogen) atoms. The van der Waals surface area contributed by atoms with Crippen LogP contribution in [0, 0.1) is 6.92 Å². The second kappa shape index (κ2) is 7.97. The monoisotopic (exact) mass is 366 g/mol. The van der Waals surface area contributed by atoms with E-state index >= 15 is 0 Å². The zero-order valence-electron chi connectivity index (χ0n) is 14.5. The number of hydrogen-bond acceptors (Lipinski definition) is 4. The van der Waals surface area contributed by atoms with Gasteiger partial charge in [0.15, 0.2) is 0 Å². The molecule has 0 radical (unpaired) electrons. The van der Waals surface area contributed by atoms with Crippen LogP contribution >= 0.6 is 11.6 Å². The van der Waals surface area contributed by atoms with E-state index < -0.39 is 0 Å². The summed E-state index contributed by atoms with van der Waals surface area (Å²) in [6, 6.07) is 15.5. The molecule has 0 saturated carbocycles. The van der Waals surface area contributed by atoms with Crippen molar-refractivity contribution in [3.05, 3.63) is 82.6 Å². The largest absolute Gasteiger partial charge is 0.348 e. The molecule has 0 aliphatic carbocycles. The Hall–Kier alpha value is -2.92. The maximum atomic E-state index is 12.4.